The highest BCUT2D eigenvalue weighted by Crippen LogP contribution is 2.33. The van der Waals surface area contributed by atoms with Gasteiger partial charge in [-0.05, 0) is 45.2 Å². The van der Waals surface area contributed by atoms with E-state index in [0.29, 0.717) is 24.4 Å². The number of thiophene rings is 1. The summed E-state index contributed by atoms with van der Waals surface area (Å²) in [7, 11) is 0. The van der Waals surface area contributed by atoms with Gasteiger partial charge in [-0.15, -0.1) is 11.3 Å². The average molecular weight is 297 g/mol. The summed E-state index contributed by atoms with van der Waals surface area (Å²) in [5.74, 6) is -0.897. The molecule has 20 heavy (non-hydrogen) atoms. The van der Waals surface area contributed by atoms with Gasteiger partial charge in [-0.3, -0.25) is 0 Å². The number of carboxylic acids is 1. The monoisotopic (exact) mass is 297 g/mol. The molecule has 0 spiro atoms. The molecule has 5 nitrogen and oxygen atoms in total. The van der Waals surface area contributed by atoms with Gasteiger partial charge in [-0.1, -0.05) is 0 Å². The first-order chi connectivity index (χ1) is 9.19. The number of carbonyl (C=O) groups is 2. The predicted molar refractivity (Wildman–Crippen MR) is 76.4 cm³/mol. The van der Waals surface area contributed by atoms with Crippen LogP contribution in [0.4, 0.5) is 4.79 Å². The van der Waals surface area contributed by atoms with Crippen LogP contribution in [0.25, 0.3) is 0 Å². The van der Waals surface area contributed by atoms with E-state index in [9.17, 15) is 9.59 Å². The van der Waals surface area contributed by atoms with Gasteiger partial charge in [0.1, 0.15) is 10.5 Å². The van der Waals surface area contributed by atoms with E-state index in [2.05, 4.69) is 0 Å². The van der Waals surface area contributed by atoms with Gasteiger partial charge in [-0.2, -0.15) is 0 Å². The molecule has 2 heterocycles. The van der Waals surface area contributed by atoms with Gasteiger partial charge in [-0.25, -0.2) is 9.59 Å². The topological polar surface area (TPSA) is 66.8 Å². The van der Waals surface area contributed by atoms with Gasteiger partial charge in [0.15, 0.2) is 0 Å². The number of aromatic carboxylic acids is 1. The zero-order chi connectivity index (χ0) is 15.1. The molecule has 2 rings (SSSR count). The lowest BCUT2D eigenvalue weighted by atomic mass is 10.0. The molecule has 110 valence electrons. The minimum absolute atomic E-state index is 0.342. The van der Waals surface area contributed by atoms with Crippen LogP contribution in [0.3, 0.4) is 0 Å². The summed E-state index contributed by atoms with van der Waals surface area (Å²) in [5, 5.41) is 9.15. The van der Waals surface area contributed by atoms with E-state index in [0.717, 1.165) is 16.0 Å². The molecular weight excluding hydrogens is 278 g/mol. The van der Waals surface area contributed by atoms with Crippen LogP contribution in [0.5, 0.6) is 0 Å². The van der Waals surface area contributed by atoms with Crippen LogP contribution in [0, 0.1) is 6.92 Å². The van der Waals surface area contributed by atoms with Crippen LogP contribution in [0.1, 0.15) is 46.4 Å². The molecule has 0 aliphatic carbocycles. The lowest BCUT2D eigenvalue weighted by Crippen LogP contribution is -2.39. The van der Waals surface area contributed by atoms with Crippen molar-refractivity contribution in [2.24, 2.45) is 0 Å². The van der Waals surface area contributed by atoms with E-state index >= 15 is 0 Å². The van der Waals surface area contributed by atoms with Crippen LogP contribution in [-0.4, -0.2) is 34.2 Å². The molecule has 1 aliphatic heterocycles. The second-order valence-electron chi connectivity index (χ2n) is 5.91. The van der Waals surface area contributed by atoms with Crippen molar-refractivity contribution >= 4 is 23.4 Å². The minimum atomic E-state index is -0.897. The third-order valence-corrected chi connectivity index (χ3v) is 4.54. The highest BCUT2D eigenvalue weighted by molar-refractivity contribution is 7.14. The highest BCUT2D eigenvalue weighted by Gasteiger charge is 2.29. The second-order valence-corrected chi connectivity index (χ2v) is 7.02. The lowest BCUT2D eigenvalue weighted by Gasteiger charge is -2.30. The maximum atomic E-state index is 12.1. The van der Waals surface area contributed by atoms with Gasteiger partial charge >= 0.3 is 12.1 Å². The largest absolute Gasteiger partial charge is 0.477 e. The SMILES string of the molecule is Cc1c(C(=O)O)sc2c1CN(C(=O)OC(C)(C)C)CC2. The third kappa shape index (κ3) is 2.95. The number of fused-ring (bicyclic) bond motifs is 1. The Labute approximate surface area is 122 Å². The predicted octanol–water partition coefficient (Wildman–Crippen LogP) is 3.05. The molecule has 0 aromatic carbocycles. The first-order valence-electron chi connectivity index (χ1n) is 6.51. The fourth-order valence-corrected chi connectivity index (χ4v) is 3.35. The molecule has 0 saturated carbocycles. The number of carboxylic acid groups (broad SMARTS) is 1. The molecule has 1 aromatic rings. The highest BCUT2D eigenvalue weighted by atomic mass is 32.1. The first kappa shape index (κ1) is 14.8. The van der Waals surface area contributed by atoms with Crippen LogP contribution in [-0.2, 0) is 17.7 Å². The molecule has 1 N–H and O–H groups in total. The van der Waals surface area contributed by atoms with Crippen LogP contribution in [0.15, 0.2) is 0 Å². The van der Waals surface area contributed by atoms with E-state index in [1.165, 1.54) is 11.3 Å². The summed E-state index contributed by atoms with van der Waals surface area (Å²) in [6.07, 6.45) is 0.346. The number of hydrogen-bond donors (Lipinski definition) is 1. The summed E-state index contributed by atoms with van der Waals surface area (Å²) in [4.78, 5) is 26.3. The number of hydrogen-bond acceptors (Lipinski definition) is 4. The van der Waals surface area contributed by atoms with Crippen molar-refractivity contribution in [1.29, 1.82) is 0 Å². The molecule has 0 unspecified atom stereocenters. The van der Waals surface area contributed by atoms with Crippen LogP contribution in [0.2, 0.25) is 0 Å². The van der Waals surface area contributed by atoms with Crippen molar-refractivity contribution in [3.05, 3.63) is 20.9 Å². The number of carbonyl (C=O) groups excluding carboxylic acids is 1. The van der Waals surface area contributed by atoms with Crippen molar-refractivity contribution in [3.8, 4) is 0 Å². The molecule has 0 atom stereocenters. The molecule has 0 fully saturated rings. The zero-order valence-electron chi connectivity index (χ0n) is 12.1. The Bertz CT molecular complexity index is 556. The molecular formula is C14H19NO4S. The molecule has 0 radical (unpaired) electrons. The van der Waals surface area contributed by atoms with Gasteiger partial charge in [0.25, 0.3) is 0 Å². The number of ether oxygens (including phenoxy) is 1. The molecule has 0 saturated heterocycles. The number of rotatable bonds is 1. The number of amides is 1. The fourth-order valence-electron chi connectivity index (χ4n) is 2.21. The normalized spacial score (nSPS) is 14.9. The molecule has 6 heteroatoms. The van der Waals surface area contributed by atoms with Crippen molar-refractivity contribution in [2.75, 3.05) is 6.54 Å². The van der Waals surface area contributed by atoms with Crippen molar-refractivity contribution in [1.82, 2.24) is 4.90 Å². The Morgan fingerprint density at radius 1 is 1.35 bits per heavy atom. The summed E-state index contributed by atoms with van der Waals surface area (Å²) in [6.45, 7) is 8.30. The van der Waals surface area contributed by atoms with Gasteiger partial charge < -0.3 is 14.7 Å². The molecule has 1 aromatic heterocycles. The average Bonchev–Trinajstić information content (AvgIpc) is 2.64. The number of nitrogens with zero attached hydrogens (tertiary/aromatic N) is 1. The molecule has 1 aliphatic rings. The second kappa shape index (κ2) is 5.09. The summed E-state index contributed by atoms with van der Waals surface area (Å²) < 4.78 is 5.36. The zero-order valence-corrected chi connectivity index (χ0v) is 13.0. The maximum absolute atomic E-state index is 12.1. The molecule has 0 bridgehead atoms. The third-order valence-electron chi connectivity index (χ3n) is 3.16. The van der Waals surface area contributed by atoms with Crippen LogP contribution < -0.4 is 0 Å². The van der Waals surface area contributed by atoms with E-state index < -0.39 is 11.6 Å². The smallest absolute Gasteiger partial charge is 0.410 e. The Morgan fingerprint density at radius 3 is 2.55 bits per heavy atom. The van der Waals surface area contributed by atoms with Gasteiger partial charge in [0, 0.05) is 11.4 Å². The summed E-state index contributed by atoms with van der Waals surface area (Å²) >= 11 is 1.32. The van der Waals surface area contributed by atoms with Crippen LogP contribution >= 0.6 is 11.3 Å². The maximum Gasteiger partial charge on any atom is 0.410 e. The van der Waals surface area contributed by atoms with Gasteiger partial charge in [0.05, 0.1) is 6.54 Å². The fraction of sp³-hybridized carbons (Fsp3) is 0.571. The van der Waals surface area contributed by atoms with E-state index in [-0.39, 0.29) is 6.09 Å². The van der Waals surface area contributed by atoms with E-state index in [1.54, 1.807) is 11.8 Å². The summed E-state index contributed by atoms with van der Waals surface area (Å²) in [6, 6.07) is 0. The standard InChI is InChI=1S/C14H19NO4S/c1-8-9-7-15(13(18)19-14(2,3)4)6-5-10(9)20-11(8)12(16)17/h5-7H2,1-4H3,(H,16,17). The molecule has 1 amide bonds. The quantitative estimate of drug-likeness (QED) is 0.865. The Balaban J connectivity index is 2.19. The van der Waals surface area contributed by atoms with Crippen molar-refractivity contribution < 1.29 is 19.4 Å². The summed E-state index contributed by atoms with van der Waals surface area (Å²) in [5.41, 5.74) is 1.21. The Hall–Kier alpha value is -1.56. The first-order valence-corrected chi connectivity index (χ1v) is 7.33. The van der Waals surface area contributed by atoms with Crippen molar-refractivity contribution in [2.45, 2.75) is 46.3 Å². The minimum Gasteiger partial charge on any atom is -0.477 e. The lowest BCUT2D eigenvalue weighted by molar-refractivity contribution is 0.0225. The Kier molecular flexibility index (Phi) is 3.77. The van der Waals surface area contributed by atoms with Gasteiger partial charge in [0.2, 0.25) is 0 Å². The van der Waals surface area contributed by atoms with E-state index in [4.69, 9.17) is 9.84 Å². The van der Waals surface area contributed by atoms with E-state index in [1.807, 2.05) is 20.8 Å². The Morgan fingerprint density at radius 2 is 2.00 bits per heavy atom. The van der Waals surface area contributed by atoms with Crippen molar-refractivity contribution in [3.63, 3.8) is 0 Å².